The number of amides is 1. The van der Waals surface area contributed by atoms with E-state index < -0.39 is 6.10 Å². The van der Waals surface area contributed by atoms with E-state index in [0.717, 1.165) is 16.5 Å². The molecule has 0 aliphatic rings. The fourth-order valence-corrected chi connectivity index (χ4v) is 2.33. The predicted octanol–water partition coefficient (Wildman–Crippen LogP) is 2.03. The monoisotopic (exact) mass is 356 g/mol. The lowest BCUT2D eigenvalue weighted by Gasteiger charge is -2.18. The van der Waals surface area contributed by atoms with Crippen molar-refractivity contribution in [3.05, 3.63) is 34.8 Å². The second-order valence-corrected chi connectivity index (χ2v) is 5.30. The van der Waals surface area contributed by atoms with Crippen LogP contribution in [0.4, 0.5) is 0 Å². The number of hydrogen-bond acceptors (Lipinski definition) is 4. The molecule has 0 fully saturated rings. The van der Waals surface area contributed by atoms with Gasteiger partial charge >= 0.3 is 0 Å². The van der Waals surface area contributed by atoms with Crippen LogP contribution in [0, 0.1) is 0 Å². The summed E-state index contributed by atoms with van der Waals surface area (Å²) >= 11 is 3.45. The molecule has 1 atom stereocenters. The highest BCUT2D eigenvalue weighted by molar-refractivity contribution is 9.10. The number of hydrogen-bond donors (Lipinski definition) is 2. The van der Waals surface area contributed by atoms with Gasteiger partial charge in [-0.25, -0.2) is 0 Å². The van der Waals surface area contributed by atoms with Crippen molar-refractivity contribution in [1.82, 2.24) is 5.32 Å². The molecule has 116 valence electrons. The number of carbonyl (C=O) groups excluding carboxylic acids is 1. The largest absolute Gasteiger partial charge is 0.493 e. The molecule has 0 saturated carbocycles. The molecule has 0 aliphatic heterocycles. The highest BCUT2D eigenvalue weighted by Crippen LogP contribution is 2.37. The minimum absolute atomic E-state index is 0.213. The molecule has 1 unspecified atom stereocenters. The van der Waals surface area contributed by atoms with Crippen molar-refractivity contribution < 1.29 is 14.3 Å². The van der Waals surface area contributed by atoms with E-state index in [1.165, 1.54) is 0 Å². The summed E-state index contributed by atoms with van der Waals surface area (Å²) in [5, 5.41) is 2.69. The lowest BCUT2D eigenvalue weighted by atomic mass is 10.1. The van der Waals surface area contributed by atoms with E-state index in [9.17, 15) is 4.79 Å². The molecular formula is C15H21BrN2O3. The first-order chi connectivity index (χ1) is 10.0. The maximum Gasteiger partial charge on any atom is 0.261 e. The fraction of sp³-hybridized carbons (Fsp3) is 0.400. The maximum atomic E-state index is 11.8. The van der Waals surface area contributed by atoms with Crippen LogP contribution in [-0.4, -0.2) is 32.2 Å². The van der Waals surface area contributed by atoms with E-state index >= 15 is 0 Å². The molecule has 21 heavy (non-hydrogen) atoms. The Balaban J connectivity index is 2.91. The number of nitrogens with two attached hydrogens (primary N) is 1. The summed E-state index contributed by atoms with van der Waals surface area (Å²) in [4.78, 5) is 11.8. The Kier molecular flexibility index (Phi) is 7.25. The second-order valence-electron chi connectivity index (χ2n) is 4.44. The van der Waals surface area contributed by atoms with Crippen molar-refractivity contribution in [1.29, 1.82) is 0 Å². The quantitative estimate of drug-likeness (QED) is 0.699. The van der Waals surface area contributed by atoms with Crippen LogP contribution < -0.4 is 20.5 Å². The molecule has 5 nitrogen and oxygen atoms in total. The van der Waals surface area contributed by atoms with E-state index in [-0.39, 0.29) is 5.91 Å². The van der Waals surface area contributed by atoms with Crippen LogP contribution in [0.3, 0.4) is 0 Å². The zero-order chi connectivity index (χ0) is 15.8. The van der Waals surface area contributed by atoms with Gasteiger partial charge < -0.3 is 20.5 Å². The average Bonchev–Trinajstić information content (AvgIpc) is 2.47. The summed E-state index contributed by atoms with van der Waals surface area (Å²) in [6.07, 6.45) is 1.71. The molecule has 1 aromatic rings. The Bertz CT molecular complexity index is 506. The summed E-state index contributed by atoms with van der Waals surface area (Å²) < 4.78 is 11.8. The first-order valence-corrected chi connectivity index (χ1v) is 7.44. The summed E-state index contributed by atoms with van der Waals surface area (Å²) in [7, 11) is 1.56. The normalized spacial score (nSPS) is 11.6. The van der Waals surface area contributed by atoms with Crippen molar-refractivity contribution in [3.63, 3.8) is 0 Å². The van der Waals surface area contributed by atoms with Crippen LogP contribution in [-0.2, 0) is 11.2 Å². The first-order valence-electron chi connectivity index (χ1n) is 6.65. The van der Waals surface area contributed by atoms with E-state index in [1.54, 1.807) is 20.1 Å². The van der Waals surface area contributed by atoms with Crippen LogP contribution in [0.2, 0.25) is 0 Å². The Morgan fingerprint density at radius 1 is 1.57 bits per heavy atom. The minimum atomic E-state index is -0.643. The number of methoxy groups -OCH3 is 1. The Morgan fingerprint density at radius 2 is 2.29 bits per heavy atom. The van der Waals surface area contributed by atoms with Crippen LogP contribution in [0.15, 0.2) is 29.3 Å². The highest BCUT2D eigenvalue weighted by atomic mass is 79.9. The van der Waals surface area contributed by atoms with E-state index in [0.29, 0.717) is 24.6 Å². The maximum absolute atomic E-state index is 11.8. The van der Waals surface area contributed by atoms with Crippen LogP contribution >= 0.6 is 15.9 Å². The van der Waals surface area contributed by atoms with Gasteiger partial charge in [0, 0.05) is 6.54 Å². The molecular weight excluding hydrogens is 336 g/mol. The number of ether oxygens (including phenoxy) is 2. The van der Waals surface area contributed by atoms with Crippen LogP contribution in [0.5, 0.6) is 11.5 Å². The molecule has 1 rings (SSSR count). The molecule has 0 aromatic heterocycles. The van der Waals surface area contributed by atoms with Crippen molar-refractivity contribution in [2.24, 2.45) is 5.73 Å². The summed E-state index contributed by atoms with van der Waals surface area (Å²) in [6, 6.07) is 3.78. The minimum Gasteiger partial charge on any atom is -0.493 e. The summed E-state index contributed by atoms with van der Waals surface area (Å²) in [5.74, 6) is 0.852. The number of halogens is 1. The number of rotatable bonds is 8. The van der Waals surface area contributed by atoms with Gasteiger partial charge in [-0.1, -0.05) is 6.08 Å². The van der Waals surface area contributed by atoms with Crippen molar-refractivity contribution >= 4 is 21.8 Å². The SMILES string of the molecule is C=CCNC(=O)C(C)Oc1c(Br)cc(CCN)cc1OC. The van der Waals surface area contributed by atoms with Gasteiger partial charge in [0.1, 0.15) is 0 Å². The van der Waals surface area contributed by atoms with Gasteiger partial charge in [-0.2, -0.15) is 0 Å². The second kappa shape index (κ2) is 8.69. The molecule has 0 spiro atoms. The molecule has 1 aromatic carbocycles. The van der Waals surface area contributed by atoms with Gasteiger partial charge in [0.15, 0.2) is 17.6 Å². The molecule has 0 heterocycles. The number of benzene rings is 1. The van der Waals surface area contributed by atoms with Gasteiger partial charge in [-0.3, -0.25) is 4.79 Å². The number of carbonyl (C=O) groups is 1. The van der Waals surface area contributed by atoms with Crippen molar-refractivity contribution in [3.8, 4) is 11.5 Å². The van der Waals surface area contributed by atoms with Gasteiger partial charge in [0.05, 0.1) is 11.6 Å². The van der Waals surface area contributed by atoms with Gasteiger partial charge in [-0.15, -0.1) is 6.58 Å². The molecule has 0 radical (unpaired) electrons. The Hall–Kier alpha value is -1.53. The molecule has 1 amide bonds. The number of nitrogens with one attached hydrogen (secondary N) is 1. The fourth-order valence-electron chi connectivity index (χ4n) is 1.75. The molecule has 6 heteroatoms. The van der Waals surface area contributed by atoms with Gasteiger partial charge in [0.2, 0.25) is 0 Å². The Morgan fingerprint density at radius 3 is 2.86 bits per heavy atom. The van der Waals surface area contributed by atoms with Crippen LogP contribution in [0.25, 0.3) is 0 Å². The van der Waals surface area contributed by atoms with E-state index in [1.807, 2.05) is 12.1 Å². The van der Waals surface area contributed by atoms with Crippen LogP contribution in [0.1, 0.15) is 12.5 Å². The Labute approximate surface area is 133 Å². The van der Waals surface area contributed by atoms with Crippen molar-refractivity contribution in [2.75, 3.05) is 20.2 Å². The van der Waals surface area contributed by atoms with Gasteiger partial charge in [0.25, 0.3) is 5.91 Å². The predicted molar refractivity (Wildman–Crippen MR) is 86.7 cm³/mol. The zero-order valence-corrected chi connectivity index (χ0v) is 13.9. The van der Waals surface area contributed by atoms with E-state index in [2.05, 4.69) is 27.8 Å². The summed E-state index contributed by atoms with van der Waals surface area (Å²) in [5.41, 5.74) is 6.60. The lowest BCUT2D eigenvalue weighted by Crippen LogP contribution is -2.36. The molecule has 0 bridgehead atoms. The lowest BCUT2D eigenvalue weighted by molar-refractivity contribution is -0.127. The first kappa shape index (κ1) is 17.5. The van der Waals surface area contributed by atoms with Crippen molar-refractivity contribution in [2.45, 2.75) is 19.4 Å². The summed E-state index contributed by atoms with van der Waals surface area (Å²) in [6.45, 7) is 6.18. The highest BCUT2D eigenvalue weighted by Gasteiger charge is 2.19. The topological polar surface area (TPSA) is 73.6 Å². The molecule has 0 aliphatic carbocycles. The smallest absolute Gasteiger partial charge is 0.261 e. The average molecular weight is 357 g/mol. The third-order valence-corrected chi connectivity index (χ3v) is 3.40. The van der Waals surface area contributed by atoms with Gasteiger partial charge in [-0.05, 0) is 53.5 Å². The molecule has 0 saturated heterocycles. The standard InChI is InChI=1S/C15H21BrN2O3/c1-4-7-18-15(19)10(2)21-14-12(16)8-11(5-6-17)9-13(14)20-3/h4,8-10H,1,5-7,17H2,2-3H3,(H,18,19). The third-order valence-electron chi connectivity index (χ3n) is 2.81. The van der Waals surface area contributed by atoms with E-state index in [4.69, 9.17) is 15.2 Å². The molecule has 3 N–H and O–H groups in total. The zero-order valence-electron chi connectivity index (χ0n) is 12.3. The third kappa shape index (κ3) is 5.06.